The van der Waals surface area contributed by atoms with Crippen LogP contribution in [0.4, 0.5) is 13.2 Å². The van der Waals surface area contributed by atoms with Gasteiger partial charge in [-0.15, -0.1) is 0 Å². The molecule has 0 atom stereocenters. The molecular formula is C24H37F3N4O5S. The molecule has 2 fully saturated rings. The Labute approximate surface area is 216 Å². The van der Waals surface area contributed by atoms with E-state index in [1.54, 1.807) is 0 Å². The number of halogens is 3. The van der Waals surface area contributed by atoms with Gasteiger partial charge in [0, 0.05) is 52.2 Å². The lowest BCUT2D eigenvalue weighted by molar-refractivity contribution is -0.192. The minimum atomic E-state index is -5.08. The summed E-state index contributed by atoms with van der Waals surface area (Å²) < 4.78 is 60.6. The van der Waals surface area contributed by atoms with Crippen molar-refractivity contribution in [3.8, 4) is 0 Å². The van der Waals surface area contributed by atoms with Crippen molar-refractivity contribution < 1.29 is 36.3 Å². The molecule has 9 nitrogen and oxygen atoms in total. The van der Waals surface area contributed by atoms with Crippen LogP contribution in [-0.4, -0.2) is 105 Å². The number of rotatable bonds is 8. The highest BCUT2D eigenvalue weighted by molar-refractivity contribution is 7.89. The maximum atomic E-state index is 13.7. The molecular weight excluding hydrogens is 513 g/mol. The number of aliphatic carboxylic acids is 1. The second kappa shape index (κ2) is 13.5. The minimum Gasteiger partial charge on any atom is -0.475 e. The van der Waals surface area contributed by atoms with Gasteiger partial charge in [0.1, 0.15) is 0 Å². The molecule has 2 saturated heterocycles. The first-order valence-electron chi connectivity index (χ1n) is 12.3. The third-order valence-corrected chi connectivity index (χ3v) is 8.56. The van der Waals surface area contributed by atoms with Crippen LogP contribution in [-0.2, 0) is 19.6 Å². The molecule has 0 aromatic heterocycles. The Kier molecular flexibility index (Phi) is 11.3. The number of nitrogens with one attached hydrogen (secondary N) is 1. The topological polar surface area (TPSA) is 110 Å². The highest BCUT2D eigenvalue weighted by Crippen LogP contribution is 2.26. The summed E-state index contributed by atoms with van der Waals surface area (Å²) in [6.45, 7) is 12.1. The number of hydrogen-bond acceptors (Lipinski definition) is 6. The first-order valence-corrected chi connectivity index (χ1v) is 13.8. The Hall–Kier alpha value is -2.22. The summed E-state index contributed by atoms with van der Waals surface area (Å²) in [6, 6.07) is 3.84. The van der Waals surface area contributed by atoms with Gasteiger partial charge in [-0.2, -0.15) is 17.5 Å². The molecule has 210 valence electrons. The molecule has 1 amide bonds. The monoisotopic (exact) mass is 550 g/mol. The average molecular weight is 551 g/mol. The van der Waals surface area contributed by atoms with Crippen LogP contribution in [0, 0.1) is 20.8 Å². The quantitative estimate of drug-likeness (QED) is 0.511. The van der Waals surface area contributed by atoms with Crippen molar-refractivity contribution in [1.29, 1.82) is 0 Å². The molecule has 37 heavy (non-hydrogen) atoms. The molecule has 3 rings (SSSR count). The van der Waals surface area contributed by atoms with Crippen molar-refractivity contribution >= 4 is 21.9 Å². The molecule has 2 heterocycles. The lowest BCUT2D eigenvalue weighted by Crippen LogP contribution is -2.47. The number of amides is 1. The number of benzene rings is 1. The van der Waals surface area contributed by atoms with Gasteiger partial charge < -0.3 is 20.2 Å². The minimum absolute atomic E-state index is 0.0372. The van der Waals surface area contributed by atoms with Crippen molar-refractivity contribution in [3.05, 3.63) is 28.8 Å². The van der Waals surface area contributed by atoms with Gasteiger partial charge in [-0.05, 0) is 57.8 Å². The number of carbonyl (C=O) groups is 2. The number of aryl methyl sites for hydroxylation is 3. The summed E-state index contributed by atoms with van der Waals surface area (Å²) in [4.78, 5) is 26.1. The number of carbonyl (C=O) groups excluding carboxylic acids is 1. The highest BCUT2D eigenvalue weighted by Gasteiger charge is 2.38. The fourth-order valence-corrected chi connectivity index (χ4v) is 6.45. The predicted molar refractivity (Wildman–Crippen MR) is 133 cm³/mol. The third kappa shape index (κ3) is 9.24. The van der Waals surface area contributed by atoms with E-state index < -0.39 is 22.2 Å². The summed E-state index contributed by atoms with van der Waals surface area (Å²) in [5.41, 5.74) is 2.60. The molecule has 0 saturated carbocycles. The van der Waals surface area contributed by atoms with E-state index in [9.17, 15) is 26.4 Å². The van der Waals surface area contributed by atoms with Crippen LogP contribution in [0.3, 0.4) is 0 Å². The number of hydrogen-bond donors (Lipinski definition) is 2. The fourth-order valence-electron chi connectivity index (χ4n) is 4.61. The summed E-state index contributed by atoms with van der Waals surface area (Å²) in [5, 5.41) is 10.4. The molecule has 1 aromatic carbocycles. The van der Waals surface area contributed by atoms with E-state index >= 15 is 0 Å². The van der Waals surface area contributed by atoms with Crippen molar-refractivity contribution in [2.75, 3.05) is 58.9 Å². The number of alkyl halides is 3. The van der Waals surface area contributed by atoms with Crippen LogP contribution in [0.5, 0.6) is 0 Å². The number of nitrogens with zero attached hydrogens (tertiary/aromatic N) is 3. The normalized spacial score (nSPS) is 17.0. The average Bonchev–Trinajstić information content (AvgIpc) is 3.31. The Bertz CT molecular complexity index is 1010. The molecule has 0 aliphatic carbocycles. The maximum Gasteiger partial charge on any atom is 0.490 e. The standard InChI is InChI=1S/C22H36N4O3S.C2HF3O2/c1-18-16-19(2)22(20(3)17-18)30(28,29)26(15-14-24-9-4-5-10-24)11-6-21(27)25-12-7-23-8-13-25;3-2(4,5)1(6)7/h16-17,23H,4-15H2,1-3H3;(H,6,7). The van der Waals surface area contributed by atoms with E-state index in [0.717, 1.165) is 42.9 Å². The van der Waals surface area contributed by atoms with E-state index in [-0.39, 0.29) is 18.9 Å². The fraction of sp³-hybridized carbons (Fsp3) is 0.667. The molecule has 0 unspecified atom stereocenters. The summed E-state index contributed by atoms with van der Waals surface area (Å²) >= 11 is 0. The molecule has 0 radical (unpaired) electrons. The van der Waals surface area contributed by atoms with Crippen molar-refractivity contribution in [2.24, 2.45) is 0 Å². The zero-order valence-corrected chi connectivity index (χ0v) is 22.4. The van der Waals surface area contributed by atoms with E-state index in [2.05, 4.69) is 10.2 Å². The molecule has 13 heteroatoms. The van der Waals surface area contributed by atoms with Crippen LogP contribution in [0.25, 0.3) is 0 Å². The molecule has 2 N–H and O–H groups in total. The van der Waals surface area contributed by atoms with Gasteiger partial charge in [0.2, 0.25) is 15.9 Å². The van der Waals surface area contributed by atoms with Crippen LogP contribution >= 0.6 is 0 Å². The highest BCUT2D eigenvalue weighted by atomic mass is 32.2. The lowest BCUT2D eigenvalue weighted by Gasteiger charge is -2.30. The lowest BCUT2D eigenvalue weighted by atomic mass is 10.1. The van der Waals surface area contributed by atoms with Gasteiger partial charge in [0.25, 0.3) is 0 Å². The molecule has 0 spiro atoms. The SMILES string of the molecule is Cc1cc(C)c(S(=O)(=O)N(CCC(=O)N2CCNCC2)CCN2CCCC2)c(C)c1.O=C(O)C(F)(F)F. The van der Waals surface area contributed by atoms with Crippen molar-refractivity contribution in [2.45, 2.75) is 51.1 Å². The van der Waals surface area contributed by atoms with E-state index in [4.69, 9.17) is 9.90 Å². The van der Waals surface area contributed by atoms with Crippen LogP contribution in [0.2, 0.25) is 0 Å². The molecule has 0 bridgehead atoms. The second-order valence-corrected chi connectivity index (χ2v) is 11.2. The molecule has 2 aliphatic heterocycles. The Balaban J connectivity index is 0.000000604. The number of carboxylic acids is 1. The summed E-state index contributed by atoms with van der Waals surface area (Å²) in [5.74, 6) is -2.72. The number of piperazine rings is 1. The van der Waals surface area contributed by atoms with Gasteiger partial charge in [-0.1, -0.05) is 17.7 Å². The van der Waals surface area contributed by atoms with Gasteiger partial charge in [-0.25, -0.2) is 13.2 Å². The van der Waals surface area contributed by atoms with Crippen LogP contribution < -0.4 is 5.32 Å². The number of sulfonamides is 1. The van der Waals surface area contributed by atoms with Crippen molar-refractivity contribution in [1.82, 2.24) is 19.4 Å². The Morgan fingerprint density at radius 3 is 2.00 bits per heavy atom. The molecule has 1 aromatic rings. The zero-order chi connectivity index (χ0) is 27.8. The van der Waals surface area contributed by atoms with Gasteiger partial charge in [0.05, 0.1) is 4.90 Å². The Morgan fingerprint density at radius 1 is 1.00 bits per heavy atom. The zero-order valence-electron chi connectivity index (χ0n) is 21.6. The smallest absolute Gasteiger partial charge is 0.475 e. The van der Waals surface area contributed by atoms with Gasteiger partial charge in [-0.3, -0.25) is 4.79 Å². The van der Waals surface area contributed by atoms with E-state index in [0.29, 0.717) is 31.1 Å². The predicted octanol–water partition coefficient (Wildman–Crippen LogP) is 2.15. The van der Waals surface area contributed by atoms with Crippen LogP contribution in [0.15, 0.2) is 17.0 Å². The maximum absolute atomic E-state index is 13.7. The van der Waals surface area contributed by atoms with E-state index in [1.165, 1.54) is 17.1 Å². The van der Waals surface area contributed by atoms with E-state index in [1.807, 2.05) is 37.8 Å². The third-order valence-electron chi connectivity index (χ3n) is 6.35. The van der Waals surface area contributed by atoms with Crippen LogP contribution in [0.1, 0.15) is 36.0 Å². The summed E-state index contributed by atoms with van der Waals surface area (Å²) in [6.07, 6.45) is -2.52. The van der Waals surface area contributed by atoms with Crippen molar-refractivity contribution in [3.63, 3.8) is 0 Å². The number of likely N-dealkylation sites (tertiary alicyclic amines) is 1. The first-order chi connectivity index (χ1) is 17.2. The largest absolute Gasteiger partial charge is 0.490 e. The van der Waals surface area contributed by atoms with Gasteiger partial charge in [0.15, 0.2) is 0 Å². The van der Waals surface area contributed by atoms with Gasteiger partial charge >= 0.3 is 12.1 Å². The Morgan fingerprint density at radius 2 is 1.51 bits per heavy atom. The number of carboxylic acid groups (broad SMARTS) is 1. The first kappa shape index (κ1) is 31.0. The summed E-state index contributed by atoms with van der Waals surface area (Å²) in [7, 11) is -3.67. The second-order valence-electron chi connectivity index (χ2n) is 9.36. The molecule has 2 aliphatic rings.